The number of thioether (sulfide) groups is 1. The van der Waals surface area contributed by atoms with Crippen molar-refractivity contribution in [3.8, 4) is 0 Å². The molecule has 2 rings (SSSR count). The number of nitrogens with one attached hydrogen (secondary N) is 1. The number of amides is 1. The van der Waals surface area contributed by atoms with Crippen LogP contribution >= 0.6 is 23.4 Å². The lowest BCUT2D eigenvalue weighted by Crippen LogP contribution is -2.52. The molecule has 1 amide bonds. The monoisotopic (exact) mass is 362 g/mol. The highest BCUT2D eigenvalue weighted by Gasteiger charge is 2.41. The number of hydrogen-bond donors (Lipinski definition) is 1. The van der Waals surface area contributed by atoms with Crippen molar-refractivity contribution in [1.82, 2.24) is 9.62 Å². The molecule has 1 unspecified atom stereocenters. The van der Waals surface area contributed by atoms with Gasteiger partial charge in [0.25, 0.3) is 0 Å². The van der Waals surface area contributed by atoms with Gasteiger partial charge in [0.1, 0.15) is 10.9 Å². The summed E-state index contributed by atoms with van der Waals surface area (Å²) in [7, 11) is -3.80. The predicted molar refractivity (Wildman–Crippen MR) is 89.5 cm³/mol. The highest BCUT2D eigenvalue weighted by molar-refractivity contribution is 8.00. The molecule has 0 spiro atoms. The Labute approximate surface area is 140 Å². The summed E-state index contributed by atoms with van der Waals surface area (Å²) in [6.45, 7) is 5.58. The van der Waals surface area contributed by atoms with Crippen LogP contribution in [0.5, 0.6) is 0 Å². The molecule has 1 aromatic rings. The zero-order valence-corrected chi connectivity index (χ0v) is 15.1. The molecule has 1 aliphatic rings. The van der Waals surface area contributed by atoms with E-state index in [1.54, 1.807) is 12.1 Å². The van der Waals surface area contributed by atoms with Gasteiger partial charge in [0.15, 0.2) is 0 Å². The summed E-state index contributed by atoms with van der Waals surface area (Å²) in [5.74, 6) is 0.398. The molecule has 0 bridgehead atoms. The first-order valence-electron chi connectivity index (χ1n) is 6.79. The Morgan fingerprint density at radius 1 is 1.36 bits per heavy atom. The van der Waals surface area contributed by atoms with Crippen LogP contribution in [0.3, 0.4) is 0 Å². The van der Waals surface area contributed by atoms with Gasteiger partial charge in [-0.1, -0.05) is 23.7 Å². The predicted octanol–water partition coefficient (Wildman–Crippen LogP) is 2.32. The Hall–Kier alpha value is -0.760. The van der Waals surface area contributed by atoms with Crippen molar-refractivity contribution >= 4 is 39.3 Å². The molecule has 122 valence electrons. The Morgan fingerprint density at radius 2 is 2.00 bits per heavy atom. The highest BCUT2D eigenvalue weighted by Crippen LogP contribution is 2.31. The normalized spacial score (nSPS) is 20.1. The van der Waals surface area contributed by atoms with E-state index >= 15 is 0 Å². The summed E-state index contributed by atoms with van der Waals surface area (Å²) in [5, 5.41) is 3.00. The van der Waals surface area contributed by atoms with Gasteiger partial charge in [-0.3, -0.25) is 4.79 Å². The Morgan fingerprint density at radius 3 is 2.59 bits per heavy atom. The molecule has 0 aromatic heterocycles. The lowest BCUT2D eigenvalue weighted by Gasteiger charge is -2.27. The van der Waals surface area contributed by atoms with Gasteiger partial charge in [-0.2, -0.15) is 4.31 Å². The van der Waals surface area contributed by atoms with E-state index in [1.807, 2.05) is 20.8 Å². The van der Waals surface area contributed by atoms with Gasteiger partial charge in [-0.15, -0.1) is 11.8 Å². The molecule has 0 saturated carbocycles. The smallest absolute Gasteiger partial charge is 0.246 e. The zero-order valence-electron chi connectivity index (χ0n) is 12.7. The number of carbonyl (C=O) groups excluding carboxylic acids is 1. The van der Waals surface area contributed by atoms with Crippen LogP contribution in [0, 0.1) is 0 Å². The SMILES string of the molecule is CC(C)(C)NC(=O)C1CSCN1S(=O)(=O)c1ccccc1Cl. The van der Waals surface area contributed by atoms with Crippen molar-refractivity contribution in [1.29, 1.82) is 0 Å². The van der Waals surface area contributed by atoms with Crippen molar-refractivity contribution in [3.63, 3.8) is 0 Å². The first kappa shape index (κ1) is 17.6. The number of carbonyl (C=O) groups is 1. The molecular weight excluding hydrogens is 344 g/mol. The molecule has 1 aromatic carbocycles. The van der Waals surface area contributed by atoms with Gasteiger partial charge in [0, 0.05) is 11.3 Å². The quantitative estimate of drug-likeness (QED) is 0.896. The van der Waals surface area contributed by atoms with E-state index in [-0.39, 0.29) is 21.7 Å². The molecule has 1 N–H and O–H groups in total. The maximum atomic E-state index is 12.8. The van der Waals surface area contributed by atoms with Crippen molar-refractivity contribution in [2.45, 2.75) is 37.2 Å². The van der Waals surface area contributed by atoms with Crippen molar-refractivity contribution in [3.05, 3.63) is 29.3 Å². The number of rotatable bonds is 3. The van der Waals surface area contributed by atoms with E-state index < -0.39 is 21.6 Å². The third kappa shape index (κ3) is 3.76. The Kier molecular flexibility index (Phi) is 5.11. The third-order valence-electron chi connectivity index (χ3n) is 3.07. The van der Waals surface area contributed by atoms with Crippen LogP contribution in [0.25, 0.3) is 0 Å². The van der Waals surface area contributed by atoms with Crippen LogP contribution in [0.4, 0.5) is 0 Å². The van der Waals surface area contributed by atoms with Crippen LogP contribution in [0.1, 0.15) is 20.8 Å². The Balaban J connectivity index is 2.31. The van der Waals surface area contributed by atoms with Crippen LogP contribution in [0.2, 0.25) is 5.02 Å². The van der Waals surface area contributed by atoms with E-state index in [9.17, 15) is 13.2 Å². The van der Waals surface area contributed by atoms with Crippen molar-refractivity contribution < 1.29 is 13.2 Å². The number of sulfonamides is 1. The van der Waals surface area contributed by atoms with Gasteiger partial charge in [-0.25, -0.2) is 8.42 Å². The molecule has 1 fully saturated rings. The van der Waals surface area contributed by atoms with E-state index in [4.69, 9.17) is 11.6 Å². The molecule has 22 heavy (non-hydrogen) atoms. The van der Waals surface area contributed by atoms with Crippen molar-refractivity contribution in [2.24, 2.45) is 0 Å². The summed E-state index contributed by atoms with van der Waals surface area (Å²) in [5.41, 5.74) is -0.413. The largest absolute Gasteiger partial charge is 0.350 e. The van der Waals surface area contributed by atoms with E-state index in [2.05, 4.69) is 5.32 Å². The number of benzene rings is 1. The number of halogens is 1. The first-order chi connectivity index (χ1) is 10.1. The zero-order chi connectivity index (χ0) is 16.5. The van der Waals surface area contributed by atoms with Crippen LogP contribution < -0.4 is 5.32 Å². The summed E-state index contributed by atoms with van der Waals surface area (Å²) < 4.78 is 26.8. The summed E-state index contributed by atoms with van der Waals surface area (Å²) >= 11 is 7.42. The standard InChI is InChI=1S/C14H19ClN2O3S2/c1-14(2,3)16-13(18)11-8-21-9-17(11)22(19,20)12-7-5-4-6-10(12)15/h4-7,11H,8-9H2,1-3H3,(H,16,18). The minimum atomic E-state index is -3.80. The topological polar surface area (TPSA) is 66.5 Å². The van der Waals surface area contributed by atoms with Gasteiger partial charge in [-0.05, 0) is 32.9 Å². The van der Waals surface area contributed by atoms with Crippen LogP contribution in [-0.2, 0) is 14.8 Å². The summed E-state index contributed by atoms with van der Waals surface area (Å²) in [6.07, 6.45) is 0. The van der Waals surface area contributed by atoms with E-state index in [1.165, 1.54) is 28.2 Å². The molecule has 5 nitrogen and oxygen atoms in total. The van der Waals surface area contributed by atoms with Gasteiger partial charge < -0.3 is 5.32 Å². The first-order valence-corrected chi connectivity index (χ1v) is 9.76. The molecule has 1 atom stereocenters. The average molecular weight is 363 g/mol. The molecular formula is C14H19ClN2O3S2. The fourth-order valence-corrected chi connectivity index (χ4v) is 5.75. The second-order valence-electron chi connectivity index (χ2n) is 6.08. The second kappa shape index (κ2) is 6.39. The number of nitrogens with zero attached hydrogens (tertiary/aromatic N) is 1. The van der Waals surface area contributed by atoms with Crippen LogP contribution in [0.15, 0.2) is 29.2 Å². The van der Waals surface area contributed by atoms with Gasteiger partial charge >= 0.3 is 0 Å². The van der Waals surface area contributed by atoms with E-state index in [0.717, 1.165) is 0 Å². The molecule has 0 aliphatic carbocycles. The fourth-order valence-electron chi connectivity index (χ4n) is 2.10. The lowest BCUT2D eigenvalue weighted by molar-refractivity contribution is -0.125. The fraction of sp³-hybridized carbons (Fsp3) is 0.500. The second-order valence-corrected chi connectivity index (χ2v) is 9.34. The molecule has 1 heterocycles. The van der Waals surface area contributed by atoms with Crippen LogP contribution in [-0.4, -0.2) is 41.8 Å². The molecule has 8 heteroatoms. The number of hydrogen-bond acceptors (Lipinski definition) is 4. The highest BCUT2D eigenvalue weighted by atomic mass is 35.5. The lowest BCUT2D eigenvalue weighted by atomic mass is 10.1. The molecule has 1 saturated heterocycles. The minimum absolute atomic E-state index is 0.0349. The molecule has 1 aliphatic heterocycles. The maximum absolute atomic E-state index is 12.8. The van der Waals surface area contributed by atoms with Gasteiger partial charge in [0.05, 0.1) is 10.9 Å². The minimum Gasteiger partial charge on any atom is -0.350 e. The summed E-state index contributed by atoms with van der Waals surface area (Å²) in [4.78, 5) is 12.4. The van der Waals surface area contributed by atoms with Gasteiger partial charge in [0.2, 0.25) is 15.9 Å². The maximum Gasteiger partial charge on any atom is 0.246 e. The summed E-state index contributed by atoms with van der Waals surface area (Å²) in [6, 6.07) is 5.56. The Bertz CT molecular complexity index is 671. The van der Waals surface area contributed by atoms with Crippen molar-refractivity contribution in [2.75, 3.05) is 11.6 Å². The van der Waals surface area contributed by atoms with E-state index in [0.29, 0.717) is 5.75 Å². The average Bonchev–Trinajstić information content (AvgIpc) is 2.87. The third-order valence-corrected chi connectivity index (χ3v) is 6.60. The molecule has 0 radical (unpaired) electrons.